The van der Waals surface area contributed by atoms with Crippen LogP contribution >= 0.6 is 0 Å². The summed E-state index contributed by atoms with van der Waals surface area (Å²) in [6, 6.07) is 1.44. The Morgan fingerprint density at radius 2 is 2.12 bits per heavy atom. The molecule has 0 aliphatic rings. The lowest BCUT2D eigenvalue weighted by Gasteiger charge is -1.97. The van der Waals surface area contributed by atoms with Crippen molar-refractivity contribution in [1.29, 1.82) is 0 Å². The summed E-state index contributed by atoms with van der Waals surface area (Å²) < 4.78 is 0. The molecule has 0 aromatic carbocycles. The summed E-state index contributed by atoms with van der Waals surface area (Å²) in [5.74, 6) is 0. The maximum atomic E-state index is 3.67. The zero-order valence-electron chi connectivity index (χ0n) is 5.91. The van der Waals surface area contributed by atoms with E-state index >= 15 is 0 Å². The fourth-order valence-corrected chi connectivity index (χ4v) is 1.51. The van der Waals surface area contributed by atoms with E-state index in [0.29, 0.717) is 0 Å². The molecule has 0 heterocycles. The molecule has 0 aromatic heterocycles. The highest BCUT2D eigenvalue weighted by atomic mass is 28.3. The van der Waals surface area contributed by atoms with E-state index in [2.05, 4.69) is 19.7 Å². The predicted molar refractivity (Wildman–Crippen MR) is 41.7 cm³/mol. The summed E-state index contributed by atoms with van der Waals surface area (Å²) in [6.45, 7) is 8.38. The van der Waals surface area contributed by atoms with Gasteiger partial charge in [0.1, 0.15) is 0 Å². The summed E-state index contributed by atoms with van der Waals surface area (Å²) in [6.07, 6.45) is 4.56. The van der Waals surface area contributed by atoms with E-state index in [4.69, 9.17) is 0 Å². The molecule has 0 unspecified atom stereocenters. The van der Waals surface area contributed by atoms with Gasteiger partial charge in [-0.05, 0) is 6.42 Å². The minimum Gasteiger partial charge on any atom is -0.103 e. The first-order valence-electron chi connectivity index (χ1n) is 3.17. The molecule has 0 amide bonds. The fraction of sp³-hybridized carbons (Fsp3) is 0.714. The average Bonchev–Trinajstić information content (AvgIpc) is 1.66. The Morgan fingerprint density at radius 1 is 1.50 bits per heavy atom. The molecule has 1 radical (unpaired) electrons. The molecule has 0 aliphatic heterocycles. The Balaban J connectivity index is 2.81. The molecule has 0 bridgehead atoms. The second-order valence-electron chi connectivity index (χ2n) is 2.39. The first kappa shape index (κ1) is 7.96. The molecule has 0 N–H and O–H groups in total. The number of allylic oxidation sites excluding steroid dienone is 1. The quantitative estimate of drug-likeness (QED) is 0.309. The van der Waals surface area contributed by atoms with Crippen LogP contribution in [-0.4, -0.2) is 8.80 Å². The average molecular weight is 127 g/mol. The normalized spacial score (nSPS) is 9.88. The lowest BCUT2D eigenvalue weighted by atomic mass is 10.3. The van der Waals surface area contributed by atoms with E-state index in [-0.39, 0.29) is 8.80 Å². The third-order valence-corrected chi connectivity index (χ3v) is 2.44. The van der Waals surface area contributed by atoms with Crippen LogP contribution in [-0.2, 0) is 0 Å². The minimum absolute atomic E-state index is 0.0451. The molecule has 0 spiro atoms. The van der Waals surface area contributed by atoms with Crippen LogP contribution < -0.4 is 0 Å². The van der Waals surface area contributed by atoms with Crippen molar-refractivity contribution in [2.45, 2.75) is 32.0 Å². The molecular formula is C7H15Si. The van der Waals surface area contributed by atoms with Gasteiger partial charge in [-0.2, -0.15) is 0 Å². The molecule has 0 nitrogen and oxygen atoms in total. The van der Waals surface area contributed by atoms with Gasteiger partial charge in [0.2, 0.25) is 0 Å². The van der Waals surface area contributed by atoms with Crippen LogP contribution in [0.2, 0.25) is 19.1 Å². The molecule has 1 heteroatoms. The van der Waals surface area contributed by atoms with E-state index in [1.165, 1.54) is 18.9 Å². The van der Waals surface area contributed by atoms with Gasteiger partial charge < -0.3 is 0 Å². The van der Waals surface area contributed by atoms with Crippen molar-refractivity contribution in [2.24, 2.45) is 0 Å². The monoisotopic (exact) mass is 127 g/mol. The van der Waals surface area contributed by atoms with E-state index in [1.807, 2.05) is 6.08 Å². The lowest BCUT2D eigenvalue weighted by Crippen LogP contribution is -1.96. The van der Waals surface area contributed by atoms with E-state index in [9.17, 15) is 0 Å². The Kier molecular flexibility index (Phi) is 5.07. The zero-order chi connectivity index (χ0) is 6.41. The SMILES string of the molecule is C=CCCC[Si](C)C. The maximum absolute atomic E-state index is 3.67. The first-order chi connectivity index (χ1) is 3.77. The third-order valence-electron chi connectivity index (χ3n) is 1.09. The van der Waals surface area contributed by atoms with Gasteiger partial charge in [-0.25, -0.2) is 0 Å². The highest BCUT2D eigenvalue weighted by Gasteiger charge is 1.91. The van der Waals surface area contributed by atoms with Crippen LogP contribution in [0, 0.1) is 0 Å². The Morgan fingerprint density at radius 3 is 2.50 bits per heavy atom. The van der Waals surface area contributed by atoms with Crippen LogP contribution in [0.4, 0.5) is 0 Å². The second-order valence-corrected chi connectivity index (χ2v) is 5.30. The maximum Gasteiger partial charge on any atom is 0.0413 e. The van der Waals surface area contributed by atoms with Crippen molar-refractivity contribution in [2.75, 3.05) is 0 Å². The fourth-order valence-electron chi connectivity index (χ4n) is 0.600. The third kappa shape index (κ3) is 5.96. The highest BCUT2D eigenvalue weighted by Crippen LogP contribution is 2.00. The number of hydrogen-bond acceptors (Lipinski definition) is 0. The zero-order valence-corrected chi connectivity index (χ0v) is 6.91. The summed E-state index contributed by atoms with van der Waals surface area (Å²) in [7, 11) is 0.0451. The van der Waals surface area contributed by atoms with Crippen molar-refractivity contribution in [3.63, 3.8) is 0 Å². The van der Waals surface area contributed by atoms with Crippen LogP contribution in [0.15, 0.2) is 12.7 Å². The Labute approximate surface area is 54.2 Å². The molecule has 0 saturated carbocycles. The van der Waals surface area contributed by atoms with E-state index in [0.717, 1.165) is 0 Å². The van der Waals surface area contributed by atoms with Gasteiger partial charge in [-0.1, -0.05) is 31.6 Å². The summed E-state index contributed by atoms with van der Waals surface area (Å²) in [4.78, 5) is 0. The molecule has 0 aromatic rings. The van der Waals surface area contributed by atoms with Crippen molar-refractivity contribution in [1.82, 2.24) is 0 Å². The van der Waals surface area contributed by atoms with Gasteiger partial charge in [0.15, 0.2) is 0 Å². The number of unbranched alkanes of at least 4 members (excludes halogenated alkanes) is 1. The van der Waals surface area contributed by atoms with Crippen LogP contribution in [0.5, 0.6) is 0 Å². The number of hydrogen-bond donors (Lipinski definition) is 0. The van der Waals surface area contributed by atoms with Crippen LogP contribution in [0.25, 0.3) is 0 Å². The van der Waals surface area contributed by atoms with E-state index in [1.54, 1.807) is 0 Å². The number of rotatable bonds is 4. The molecular weight excluding hydrogens is 112 g/mol. The Hall–Kier alpha value is -0.0431. The van der Waals surface area contributed by atoms with Gasteiger partial charge in [-0.3, -0.25) is 0 Å². The van der Waals surface area contributed by atoms with Gasteiger partial charge in [0.05, 0.1) is 0 Å². The molecule has 0 atom stereocenters. The van der Waals surface area contributed by atoms with Crippen LogP contribution in [0.3, 0.4) is 0 Å². The molecule has 47 valence electrons. The van der Waals surface area contributed by atoms with Crippen molar-refractivity contribution in [3.8, 4) is 0 Å². The van der Waals surface area contributed by atoms with Gasteiger partial charge >= 0.3 is 0 Å². The molecule has 8 heavy (non-hydrogen) atoms. The highest BCUT2D eigenvalue weighted by molar-refractivity contribution is 6.55. The molecule has 0 saturated heterocycles. The van der Waals surface area contributed by atoms with Crippen molar-refractivity contribution < 1.29 is 0 Å². The summed E-state index contributed by atoms with van der Waals surface area (Å²) in [5, 5.41) is 0. The van der Waals surface area contributed by atoms with Gasteiger partial charge in [0, 0.05) is 8.80 Å². The lowest BCUT2D eigenvalue weighted by molar-refractivity contribution is 0.946. The van der Waals surface area contributed by atoms with E-state index < -0.39 is 0 Å². The first-order valence-corrected chi connectivity index (χ1v) is 5.88. The Bertz CT molecular complexity index is 57.4. The minimum atomic E-state index is 0.0451. The molecule has 0 rings (SSSR count). The summed E-state index contributed by atoms with van der Waals surface area (Å²) >= 11 is 0. The van der Waals surface area contributed by atoms with Gasteiger partial charge in [0.25, 0.3) is 0 Å². The standard InChI is InChI=1S/C7H15Si/c1-4-5-6-7-8(2)3/h4H,1,5-7H2,2-3H3. The van der Waals surface area contributed by atoms with Crippen molar-refractivity contribution >= 4 is 8.80 Å². The molecule has 0 aliphatic carbocycles. The van der Waals surface area contributed by atoms with Gasteiger partial charge in [-0.15, -0.1) is 6.58 Å². The largest absolute Gasteiger partial charge is 0.103 e. The summed E-state index contributed by atoms with van der Waals surface area (Å²) in [5.41, 5.74) is 0. The predicted octanol–water partition coefficient (Wildman–Crippen LogP) is 2.71. The molecule has 0 fully saturated rings. The topological polar surface area (TPSA) is 0 Å². The van der Waals surface area contributed by atoms with Crippen LogP contribution in [0.1, 0.15) is 12.8 Å². The second kappa shape index (κ2) is 5.10. The smallest absolute Gasteiger partial charge is 0.0413 e. The van der Waals surface area contributed by atoms with Crippen molar-refractivity contribution in [3.05, 3.63) is 12.7 Å².